The van der Waals surface area contributed by atoms with E-state index in [4.69, 9.17) is 11.6 Å². The summed E-state index contributed by atoms with van der Waals surface area (Å²) >= 11 is 0. The Bertz CT molecular complexity index is 1140. The van der Waals surface area contributed by atoms with Crippen LogP contribution < -0.4 is 11.6 Å². The molecule has 4 N–H and O–H groups in total. The molecule has 29 heavy (non-hydrogen) atoms. The maximum Gasteiger partial charge on any atom is 0.228 e. The Hall–Kier alpha value is -3.91. The number of hydrazone groups is 1. The second-order valence-corrected chi connectivity index (χ2v) is 7.28. The normalized spacial score (nSPS) is 20.3. The zero-order chi connectivity index (χ0) is 20.4. The Morgan fingerprint density at radius 2 is 1.86 bits per heavy atom. The first kappa shape index (κ1) is 18.5. The molecule has 2 unspecified atom stereocenters. The molecule has 0 spiro atoms. The van der Waals surface area contributed by atoms with Crippen LogP contribution in [0.15, 0.2) is 77.9 Å². The largest absolute Gasteiger partial charge is 0.369 e. The van der Waals surface area contributed by atoms with E-state index in [1.807, 2.05) is 66.7 Å². The molecule has 5 heteroatoms. The zero-order valence-corrected chi connectivity index (χ0v) is 15.7. The van der Waals surface area contributed by atoms with Gasteiger partial charge in [0.2, 0.25) is 5.91 Å². The average Bonchev–Trinajstić information content (AvgIpc) is 3.52. The van der Waals surface area contributed by atoms with Crippen LogP contribution >= 0.6 is 0 Å². The Morgan fingerprint density at radius 1 is 1.10 bits per heavy atom. The van der Waals surface area contributed by atoms with Gasteiger partial charge in [0.1, 0.15) is 0 Å². The second kappa shape index (κ2) is 7.25. The quantitative estimate of drug-likeness (QED) is 0.402. The number of hydrogen-bond donors (Lipinski definition) is 2. The molecule has 3 aromatic carbocycles. The predicted octanol–water partition coefficient (Wildman–Crippen LogP) is 3.43. The van der Waals surface area contributed by atoms with Crippen molar-refractivity contribution in [1.29, 1.82) is 5.26 Å². The van der Waals surface area contributed by atoms with Crippen LogP contribution in [0.2, 0.25) is 0 Å². The maximum atomic E-state index is 12.5. The fourth-order valence-electron chi connectivity index (χ4n) is 4.12. The summed E-state index contributed by atoms with van der Waals surface area (Å²) < 4.78 is 0. The first-order chi connectivity index (χ1) is 14.1. The third-order valence-corrected chi connectivity index (χ3v) is 5.70. The number of rotatable bonds is 5. The average molecular weight is 380 g/mol. The standard InChI is InChI=1S/C24H20N4O/c25-14-19-5-1-2-7-21(19)17-8-10-20(11-9-17)24(23(26)29)13-22(24)18-6-3-4-16(12-18)15-28-27/h1-12,15,22H,13,27H2,(H2,26,29). The van der Waals surface area contributed by atoms with Crippen molar-refractivity contribution >= 4 is 12.1 Å². The van der Waals surface area contributed by atoms with Crippen LogP contribution in [-0.2, 0) is 10.2 Å². The molecule has 0 aromatic heterocycles. The SMILES string of the molecule is N#Cc1ccccc1-c1ccc(C2(C(N)=O)CC2c2cccc(C=NN)c2)cc1. The van der Waals surface area contributed by atoms with Crippen molar-refractivity contribution in [3.05, 3.63) is 95.1 Å². The maximum absolute atomic E-state index is 12.5. The number of carbonyl (C=O) groups excluding carboxylic acids is 1. The van der Waals surface area contributed by atoms with Gasteiger partial charge in [0.15, 0.2) is 0 Å². The Kier molecular flexibility index (Phi) is 4.61. The van der Waals surface area contributed by atoms with Gasteiger partial charge in [-0.3, -0.25) is 4.79 Å². The number of nitrogens with zero attached hydrogens (tertiary/aromatic N) is 2. The zero-order valence-electron chi connectivity index (χ0n) is 15.7. The van der Waals surface area contributed by atoms with Crippen LogP contribution in [-0.4, -0.2) is 12.1 Å². The summed E-state index contributed by atoms with van der Waals surface area (Å²) in [5.74, 6) is 4.94. The summed E-state index contributed by atoms with van der Waals surface area (Å²) in [5.41, 5.74) is 10.4. The molecule has 0 saturated heterocycles. The third-order valence-electron chi connectivity index (χ3n) is 5.70. The summed E-state index contributed by atoms with van der Waals surface area (Å²) in [7, 11) is 0. The topological polar surface area (TPSA) is 105 Å². The van der Waals surface area contributed by atoms with Gasteiger partial charge >= 0.3 is 0 Å². The van der Waals surface area contributed by atoms with Crippen molar-refractivity contribution in [2.75, 3.05) is 0 Å². The number of hydrogen-bond acceptors (Lipinski definition) is 4. The van der Waals surface area contributed by atoms with Gasteiger partial charge in [0.05, 0.1) is 23.3 Å². The molecule has 1 aliphatic rings. The Morgan fingerprint density at radius 3 is 2.55 bits per heavy atom. The molecule has 1 fully saturated rings. The van der Waals surface area contributed by atoms with Crippen molar-refractivity contribution in [3.8, 4) is 17.2 Å². The fraction of sp³-hybridized carbons (Fsp3) is 0.125. The number of amides is 1. The van der Waals surface area contributed by atoms with Gasteiger partial charge in [-0.2, -0.15) is 10.4 Å². The van der Waals surface area contributed by atoms with Crippen molar-refractivity contribution in [2.45, 2.75) is 17.8 Å². The summed E-state index contributed by atoms with van der Waals surface area (Å²) in [5, 5.41) is 12.9. The van der Waals surface area contributed by atoms with Gasteiger partial charge in [-0.25, -0.2) is 0 Å². The van der Waals surface area contributed by atoms with Crippen LogP contribution in [0.1, 0.15) is 34.6 Å². The predicted molar refractivity (Wildman–Crippen MR) is 113 cm³/mol. The van der Waals surface area contributed by atoms with Crippen LogP contribution in [0.3, 0.4) is 0 Å². The molecule has 0 aliphatic heterocycles. The van der Waals surface area contributed by atoms with Gasteiger partial charge in [-0.1, -0.05) is 60.7 Å². The Balaban J connectivity index is 1.68. The molecule has 0 bridgehead atoms. The van der Waals surface area contributed by atoms with Crippen molar-refractivity contribution in [1.82, 2.24) is 0 Å². The van der Waals surface area contributed by atoms with Crippen molar-refractivity contribution in [2.24, 2.45) is 16.7 Å². The van der Waals surface area contributed by atoms with E-state index < -0.39 is 5.41 Å². The van der Waals surface area contributed by atoms with Crippen molar-refractivity contribution < 1.29 is 4.79 Å². The van der Waals surface area contributed by atoms with E-state index in [-0.39, 0.29) is 11.8 Å². The monoisotopic (exact) mass is 380 g/mol. The number of primary amides is 1. The highest BCUT2D eigenvalue weighted by atomic mass is 16.1. The lowest BCUT2D eigenvalue weighted by Gasteiger charge is -2.16. The van der Waals surface area contributed by atoms with Gasteiger partial charge in [0, 0.05) is 5.92 Å². The lowest BCUT2D eigenvalue weighted by molar-refractivity contribution is -0.120. The lowest BCUT2D eigenvalue weighted by Crippen LogP contribution is -2.30. The van der Waals surface area contributed by atoms with Gasteiger partial charge in [-0.15, -0.1) is 0 Å². The minimum absolute atomic E-state index is 0.0170. The van der Waals surface area contributed by atoms with Crippen molar-refractivity contribution in [3.63, 3.8) is 0 Å². The van der Waals surface area contributed by atoms with Crippen LogP contribution in [0.5, 0.6) is 0 Å². The summed E-state index contributed by atoms with van der Waals surface area (Å²) in [6.07, 6.45) is 2.25. The molecule has 2 atom stereocenters. The molecule has 3 aromatic rings. The third kappa shape index (κ3) is 3.15. The van der Waals surface area contributed by atoms with E-state index in [0.29, 0.717) is 12.0 Å². The Labute approximate surface area is 169 Å². The minimum Gasteiger partial charge on any atom is -0.369 e. The van der Waals surface area contributed by atoms with E-state index in [2.05, 4.69) is 11.2 Å². The molecule has 1 saturated carbocycles. The number of benzene rings is 3. The summed E-state index contributed by atoms with van der Waals surface area (Å²) in [6.45, 7) is 0. The number of nitrogens with two attached hydrogens (primary N) is 2. The molecule has 5 nitrogen and oxygen atoms in total. The molecule has 142 valence electrons. The van der Waals surface area contributed by atoms with Crippen LogP contribution in [0.4, 0.5) is 0 Å². The van der Waals surface area contributed by atoms with Crippen LogP contribution in [0, 0.1) is 11.3 Å². The number of nitriles is 1. The molecule has 0 radical (unpaired) electrons. The first-order valence-electron chi connectivity index (χ1n) is 9.33. The fourth-order valence-corrected chi connectivity index (χ4v) is 4.12. The van der Waals surface area contributed by atoms with Gasteiger partial charge < -0.3 is 11.6 Å². The highest BCUT2D eigenvalue weighted by Gasteiger charge is 2.60. The molecule has 4 rings (SSSR count). The molecule has 0 heterocycles. The van der Waals surface area contributed by atoms with Crippen LogP contribution in [0.25, 0.3) is 11.1 Å². The first-order valence-corrected chi connectivity index (χ1v) is 9.33. The van der Waals surface area contributed by atoms with E-state index in [9.17, 15) is 10.1 Å². The van der Waals surface area contributed by atoms with Gasteiger partial charge in [-0.05, 0) is 46.4 Å². The second-order valence-electron chi connectivity index (χ2n) is 7.28. The molecular weight excluding hydrogens is 360 g/mol. The highest BCUT2D eigenvalue weighted by molar-refractivity contribution is 5.93. The molecule has 1 amide bonds. The molecular formula is C24H20N4O. The van der Waals surface area contributed by atoms with E-state index in [0.717, 1.165) is 27.8 Å². The lowest BCUT2D eigenvalue weighted by atomic mass is 9.88. The van der Waals surface area contributed by atoms with Gasteiger partial charge in [0.25, 0.3) is 0 Å². The van der Waals surface area contributed by atoms with E-state index in [1.165, 1.54) is 0 Å². The summed E-state index contributed by atoms with van der Waals surface area (Å²) in [6, 6.07) is 25.3. The minimum atomic E-state index is -0.717. The highest BCUT2D eigenvalue weighted by Crippen LogP contribution is 2.60. The molecule has 1 aliphatic carbocycles. The smallest absolute Gasteiger partial charge is 0.228 e. The summed E-state index contributed by atoms with van der Waals surface area (Å²) in [4.78, 5) is 12.5. The van der Waals surface area contributed by atoms with E-state index >= 15 is 0 Å². The van der Waals surface area contributed by atoms with E-state index in [1.54, 1.807) is 12.3 Å². The number of carbonyl (C=O) groups is 1.